The second-order valence-electron chi connectivity index (χ2n) is 13.4. The van der Waals surface area contributed by atoms with Gasteiger partial charge in [0.1, 0.15) is 16.8 Å². The van der Waals surface area contributed by atoms with Gasteiger partial charge in [-0.3, -0.25) is 9.59 Å². The molecule has 218 valence electrons. The zero-order chi connectivity index (χ0) is 29.6. The number of rotatable bonds is 3. The van der Waals surface area contributed by atoms with Crippen molar-refractivity contribution in [1.82, 2.24) is 15.2 Å². The van der Waals surface area contributed by atoms with Crippen LogP contribution in [-0.4, -0.2) is 46.7 Å². The minimum Gasteiger partial charge on any atom is -0.451 e. The highest BCUT2D eigenvalue weighted by molar-refractivity contribution is 6.02. The molecule has 4 heterocycles. The van der Waals surface area contributed by atoms with Crippen LogP contribution >= 0.6 is 0 Å². The quantitative estimate of drug-likeness (QED) is 0.284. The van der Waals surface area contributed by atoms with E-state index in [1.54, 1.807) is 6.20 Å². The van der Waals surface area contributed by atoms with E-state index in [2.05, 4.69) is 38.3 Å². The zero-order valence-electron chi connectivity index (χ0n) is 24.4. The summed E-state index contributed by atoms with van der Waals surface area (Å²) in [7, 11) is 0. The fraction of sp³-hybridized carbons (Fsp3) is 0.394. The lowest BCUT2D eigenvalue weighted by Gasteiger charge is -2.46. The Balaban J connectivity index is 1.42. The smallest absolute Gasteiger partial charge is 0.257 e. The lowest BCUT2D eigenvalue weighted by atomic mass is 9.79. The van der Waals surface area contributed by atoms with Crippen LogP contribution < -0.4 is 31.4 Å². The standard InChI is InChI=1S/C33H36FN5O3/c1-32(2)14-21(15-33(3,4)37-32)36-31(41)23-17-39-25-11-18-7-5-6-8-19(18)12-26(25)42-30-27(39)22(29(23)40)13-24(34)28(30)38-10-9-20(35)16-38/h5-8,11-13,17,20-21,37H,9-10,14-16,35H2,1-4H3,(H,36,41)/t20-/m1/s1. The molecular weight excluding hydrogens is 533 g/mol. The number of hydrogen-bond donors (Lipinski definition) is 3. The van der Waals surface area contributed by atoms with Crippen molar-refractivity contribution in [3.8, 4) is 17.2 Å². The molecule has 7 rings (SSSR count). The monoisotopic (exact) mass is 569 g/mol. The van der Waals surface area contributed by atoms with Gasteiger partial charge in [0.05, 0.1) is 11.1 Å². The molecule has 4 aromatic rings. The molecule has 0 bridgehead atoms. The number of carbonyl (C=O) groups excluding carboxylic acids is 1. The molecule has 0 aliphatic carbocycles. The topological polar surface area (TPSA) is 102 Å². The maximum absolute atomic E-state index is 16.0. The summed E-state index contributed by atoms with van der Waals surface area (Å²) in [6, 6.07) is 12.8. The lowest BCUT2D eigenvalue weighted by molar-refractivity contribution is 0.0871. The second-order valence-corrected chi connectivity index (χ2v) is 13.4. The molecule has 2 saturated heterocycles. The van der Waals surface area contributed by atoms with Crippen molar-refractivity contribution in [1.29, 1.82) is 0 Å². The Morgan fingerprint density at radius 2 is 1.79 bits per heavy atom. The molecule has 4 N–H and O–H groups in total. The van der Waals surface area contributed by atoms with Gasteiger partial charge in [-0.25, -0.2) is 4.39 Å². The number of ether oxygens (including phenoxy) is 1. The number of carbonyl (C=O) groups is 1. The molecule has 1 aromatic heterocycles. The van der Waals surface area contributed by atoms with Crippen molar-refractivity contribution in [3.63, 3.8) is 0 Å². The Bertz CT molecular complexity index is 1830. The van der Waals surface area contributed by atoms with E-state index in [1.165, 1.54) is 6.07 Å². The van der Waals surface area contributed by atoms with Gasteiger partial charge >= 0.3 is 0 Å². The number of anilines is 1. The molecule has 2 fully saturated rings. The summed E-state index contributed by atoms with van der Waals surface area (Å²) in [4.78, 5) is 29.6. The Morgan fingerprint density at radius 1 is 1.10 bits per heavy atom. The maximum Gasteiger partial charge on any atom is 0.257 e. The van der Waals surface area contributed by atoms with Crippen LogP contribution in [0.3, 0.4) is 0 Å². The molecule has 8 nitrogen and oxygen atoms in total. The Labute approximate surface area is 243 Å². The Kier molecular flexibility index (Phi) is 5.94. The highest BCUT2D eigenvalue weighted by Crippen LogP contribution is 2.48. The third-order valence-electron chi connectivity index (χ3n) is 8.78. The van der Waals surface area contributed by atoms with Crippen LogP contribution in [0.1, 0.15) is 57.3 Å². The van der Waals surface area contributed by atoms with Crippen LogP contribution in [0.25, 0.3) is 27.4 Å². The van der Waals surface area contributed by atoms with Gasteiger partial charge in [-0.15, -0.1) is 0 Å². The first kappa shape index (κ1) is 26.9. The van der Waals surface area contributed by atoms with E-state index in [4.69, 9.17) is 10.5 Å². The van der Waals surface area contributed by atoms with Crippen molar-refractivity contribution in [2.75, 3.05) is 18.0 Å². The molecule has 0 spiro atoms. The van der Waals surface area contributed by atoms with Gasteiger partial charge in [0, 0.05) is 42.4 Å². The van der Waals surface area contributed by atoms with Crippen LogP contribution in [-0.2, 0) is 0 Å². The van der Waals surface area contributed by atoms with Crippen LogP contribution in [0.2, 0.25) is 0 Å². The van der Waals surface area contributed by atoms with Gasteiger partial charge in [0.2, 0.25) is 5.43 Å². The van der Waals surface area contributed by atoms with Gasteiger partial charge in [-0.1, -0.05) is 24.3 Å². The number of hydrogen-bond acceptors (Lipinski definition) is 6. The summed E-state index contributed by atoms with van der Waals surface area (Å²) < 4.78 is 24.2. The number of nitrogens with two attached hydrogens (primary N) is 1. The van der Waals surface area contributed by atoms with Crippen molar-refractivity contribution >= 4 is 33.3 Å². The van der Waals surface area contributed by atoms with E-state index in [0.29, 0.717) is 48.6 Å². The average molecular weight is 570 g/mol. The van der Waals surface area contributed by atoms with Crippen LogP contribution in [0.5, 0.6) is 11.5 Å². The molecule has 42 heavy (non-hydrogen) atoms. The molecule has 9 heteroatoms. The minimum absolute atomic E-state index is 0.0288. The maximum atomic E-state index is 16.0. The minimum atomic E-state index is -0.570. The van der Waals surface area contributed by atoms with E-state index in [-0.39, 0.29) is 39.9 Å². The SMILES string of the molecule is CC1(C)CC(NC(=O)c2cn3c4c(c(N5CC[C@@H](N)C5)c(F)cc4c2=O)Oc2cc4ccccc4cc2-3)CC(C)(C)N1. The molecule has 1 amide bonds. The fourth-order valence-corrected chi connectivity index (χ4v) is 7.42. The predicted octanol–water partition coefficient (Wildman–Crippen LogP) is 4.97. The van der Waals surface area contributed by atoms with Crippen molar-refractivity contribution in [3.05, 3.63) is 70.3 Å². The van der Waals surface area contributed by atoms with E-state index in [9.17, 15) is 9.59 Å². The first-order valence-corrected chi connectivity index (χ1v) is 14.6. The molecule has 0 radical (unpaired) electrons. The van der Waals surface area contributed by atoms with E-state index in [0.717, 1.165) is 17.2 Å². The molecule has 3 aliphatic heterocycles. The molecule has 1 atom stereocenters. The number of pyridine rings is 1. The number of nitrogens with zero attached hydrogens (tertiary/aromatic N) is 2. The summed E-state index contributed by atoms with van der Waals surface area (Å²) in [5.74, 6) is -0.240. The van der Waals surface area contributed by atoms with E-state index >= 15 is 4.39 Å². The van der Waals surface area contributed by atoms with Gasteiger partial charge in [0.15, 0.2) is 17.3 Å². The fourth-order valence-electron chi connectivity index (χ4n) is 7.42. The van der Waals surface area contributed by atoms with Crippen molar-refractivity contribution in [2.24, 2.45) is 5.73 Å². The number of nitrogens with one attached hydrogen (secondary N) is 2. The summed E-state index contributed by atoms with van der Waals surface area (Å²) in [6.07, 6.45) is 3.75. The highest BCUT2D eigenvalue weighted by Gasteiger charge is 2.39. The summed E-state index contributed by atoms with van der Waals surface area (Å²) in [5, 5.41) is 8.80. The van der Waals surface area contributed by atoms with Crippen LogP contribution in [0, 0.1) is 5.82 Å². The first-order valence-electron chi connectivity index (χ1n) is 14.6. The molecule has 0 saturated carbocycles. The molecule has 3 aliphatic rings. The molecule has 0 unspecified atom stereocenters. The third kappa shape index (κ3) is 4.42. The number of fused-ring (bicyclic) bond motifs is 3. The number of halogens is 1. The van der Waals surface area contributed by atoms with Crippen molar-refractivity contribution in [2.45, 2.75) is 70.1 Å². The number of aromatic nitrogens is 1. The number of piperidine rings is 1. The normalized spacial score (nSPS) is 20.9. The molecule has 3 aromatic carbocycles. The Morgan fingerprint density at radius 3 is 2.45 bits per heavy atom. The Hall–Kier alpha value is -3.95. The van der Waals surface area contributed by atoms with Gasteiger partial charge in [0.25, 0.3) is 5.91 Å². The van der Waals surface area contributed by atoms with Gasteiger partial charge in [-0.05, 0) is 75.9 Å². The average Bonchev–Trinajstić information content (AvgIpc) is 3.32. The van der Waals surface area contributed by atoms with E-state index < -0.39 is 17.2 Å². The number of amides is 1. The first-order chi connectivity index (χ1) is 19.9. The van der Waals surface area contributed by atoms with Crippen LogP contribution in [0.15, 0.2) is 53.5 Å². The van der Waals surface area contributed by atoms with Crippen molar-refractivity contribution < 1.29 is 13.9 Å². The second kappa shape index (κ2) is 9.28. The predicted molar refractivity (Wildman–Crippen MR) is 164 cm³/mol. The largest absolute Gasteiger partial charge is 0.451 e. The third-order valence-corrected chi connectivity index (χ3v) is 8.78. The lowest BCUT2D eigenvalue weighted by Crippen LogP contribution is -2.62. The number of benzene rings is 3. The van der Waals surface area contributed by atoms with Gasteiger partial charge < -0.3 is 30.6 Å². The summed E-state index contributed by atoms with van der Waals surface area (Å²) >= 11 is 0. The molecular formula is C33H36FN5O3. The summed E-state index contributed by atoms with van der Waals surface area (Å²) in [6.45, 7) is 9.50. The van der Waals surface area contributed by atoms with Gasteiger partial charge in [-0.2, -0.15) is 0 Å². The van der Waals surface area contributed by atoms with E-state index in [1.807, 2.05) is 45.9 Å². The van der Waals surface area contributed by atoms with Crippen LogP contribution in [0.4, 0.5) is 10.1 Å². The highest BCUT2D eigenvalue weighted by atomic mass is 19.1. The summed E-state index contributed by atoms with van der Waals surface area (Å²) in [5.41, 5.74) is 6.67. The zero-order valence-corrected chi connectivity index (χ0v) is 24.4.